The molecule has 1 aromatic carbocycles. The molecule has 1 fully saturated rings. The van der Waals surface area contributed by atoms with E-state index in [2.05, 4.69) is 31.2 Å². The first-order valence-electron chi connectivity index (χ1n) is 15.7. The van der Waals surface area contributed by atoms with Crippen molar-refractivity contribution in [1.29, 1.82) is 0 Å². The molecular weight excluding hydrogens is 652 g/mol. The summed E-state index contributed by atoms with van der Waals surface area (Å²) in [7, 11) is 1.54. The van der Waals surface area contributed by atoms with Gasteiger partial charge in [0, 0.05) is 68.4 Å². The van der Waals surface area contributed by atoms with E-state index in [1.807, 2.05) is 60.7 Å². The second-order valence-corrected chi connectivity index (χ2v) is 13.0. The predicted molar refractivity (Wildman–Crippen MR) is 186 cm³/mol. The van der Waals surface area contributed by atoms with E-state index in [4.69, 9.17) is 32.9 Å². The molecule has 0 spiro atoms. The average molecular weight is 689 g/mol. The highest BCUT2D eigenvalue weighted by atomic mass is 35.5. The van der Waals surface area contributed by atoms with E-state index in [0.29, 0.717) is 48.8 Å². The molecule has 6 rings (SSSR count). The van der Waals surface area contributed by atoms with Crippen molar-refractivity contribution in [2.24, 2.45) is 0 Å². The van der Waals surface area contributed by atoms with Gasteiger partial charge in [0.1, 0.15) is 5.54 Å². The molecule has 4 aromatic rings. The van der Waals surface area contributed by atoms with Gasteiger partial charge in [-0.3, -0.25) is 9.78 Å². The molecule has 2 aliphatic rings. The summed E-state index contributed by atoms with van der Waals surface area (Å²) in [6.07, 6.45) is 11.8. The lowest BCUT2D eigenvalue weighted by Crippen LogP contribution is -2.51. The Hall–Kier alpha value is -4.35. The number of alkyl halides is 2. The fraction of sp³-hybridized carbons (Fsp3) is 0.278. The summed E-state index contributed by atoms with van der Waals surface area (Å²) in [5.74, 6) is -0.163. The quantitative estimate of drug-likeness (QED) is 0.130. The molecule has 3 aromatic heterocycles. The van der Waals surface area contributed by atoms with Gasteiger partial charge in [0.2, 0.25) is 11.8 Å². The van der Waals surface area contributed by atoms with Gasteiger partial charge < -0.3 is 26.0 Å². The number of aromatic nitrogens is 3. The third-order valence-corrected chi connectivity index (χ3v) is 9.51. The van der Waals surface area contributed by atoms with Gasteiger partial charge in [0.05, 0.1) is 12.8 Å². The Morgan fingerprint density at radius 2 is 1.83 bits per heavy atom. The number of ether oxygens (including phenoxy) is 1. The summed E-state index contributed by atoms with van der Waals surface area (Å²) in [5, 5.41) is 12.9. The monoisotopic (exact) mass is 687 g/mol. The van der Waals surface area contributed by atoms with Crippen molar-refractivity contribution in [1.82, 2.24) is 30.9 Å². The Bertz CT molecular complexity index is 1810. The summed E-state index contributed by atoms with van der Waals surface area (Å²) in [4.78, 5) is 25.0. The van der Waals surface area contributed by atoms with E-state index >= 15 is 4.39 Å². The number of benzene rings is 1. The van der Waals surface area contributed by atoms with Crippen LogP contribution in [0.3, 0.4) is 0 Å². The Kier molecular flexibility index (Phi) is 10.4. The van der Waals surface area contributed by atoms with Crippen LogP contribution in [0.1, 0.15) is 40.8 Å². The van der Waals surface area contributed by atoms with Gasteiger partial charge in [-0.05, 0) is 47.4 Å². The summed E-state index contributed by atoms with van der Waals surface area (Å²) < 4.78 is 20.3. The number of halogens is 3. The van der Waals surface area contributed by atoms with Crippen LogP contribution in [0.2, 0.25) is 0 Å². The van der Waals surface area contributed by atoms with Gasteiger partial charge in [-0.2, -0.15) is 0 Å². The van der Waals surface area contributed by atoms with Crippen molar-refractivity contribution in [2.45, 2.75) is 48.4 Å². The van der Waals surface area contributed by atoms with Crippen LogP contribution in [0.15, 0.2) is 97.5 Å². The number of hydrogen-bond donors (Lipinski definition) is 4. The SMILES string of the molecule is COc1nc(C2(Nc3nccc(CNCc4cccnc4)c3F)C=CC=C(c3ccccc3)C2(Cl)Cl)ccc1CNCC1CCC(=O)N1. The second kappa shape index (κ2) is 14.8. The zero-order valence-electron chi connectivity index (χ0n) is 26.3. The van der Waals surface area contributed by atoms with Crippen LogP contribution in [0.5, 0.6) is 5.88 Å². The van der Waals surface area contributed by atoms with Crippen LogP contribution in [0.25, 0.3) is 5.57 Å². The minimum Gasteiger partial charge on any atom is -0.481 e. The molecule has 248 valence electrons. The van der Waals surface area contributed by atoms with E-state index in [0.717, 1.165) is 23.1 Å². The van der Waals surface area contributed by atoms with Crippen LogP contribution in [-0.4, -0.2) is 44.9 Å². The number of carbonyl (C=O) groups excluding carboxylic acids is 1. The largest absolute Gasteiger partial charge is 0.481 e. The van der Waals surface area contributed by atoms with E-state index in [9.17, 15) is 4.79 Å². The Balaban J connectivity index is 1.33. The van der Waals surface area contributed by atoms with E-state index in [1.54, 1.807) is 36.8 Å². The van der Waals surface area contributed by atoms with Crippen molar-refractivity contribution >= 4 is 40.5 Å². The lowest BCUT2D eigenvalue weighted by Gasteiger charge is -2.44. The van der Waals surface area contributed by atoms with E-state index < -0.39 is 15.7 Å². The minimum atomic E-state index is -1.69. The van der Waals surface area contributed by atoms with Crippen LogP contribution >= 0.6 is 23.2 Å². The van der Waals surface area contributed by atoms with E-state index in [1.165, 1.54) is 7.11 Å². The fourth-order valence-corrected chi connectivity index (χ4v) is 6.74. The van der Waals surface area contributed by atoms with Crippen molar-refractivity contribution < 1.29 is 13.9 Å². The van der Waals surface area contributed by atoms with Crippen LogP contribution in [0.4, 0.5) is 10.2 Å². The molecule has 1 aliphatic heterocycles. The maximum absolute atomic E-state index is 16.2. The highest BCUT2D eigenvalue weighted by Gasteiger charge is 2.55. The zero-order valence-corrected chi connectivity index (χ0v) is 27.9. The molecule has 0 saturated carbocycles. The van der Waals surface area contributed by atoms with Crippen molar-refractivity contribution in [3.05, 3.63) is 131 Å². The molecule has 12 heteroatoms. The molecule has 0 radical (unpaired) electrons. The molecule has 48 heavy (non-hydrogen) atoms. The summed E-state index contributed by atoms with van der Waals surface area (Å²) in [5.41, 5.74) is 2.49. The number of allylic oxidation sites excluding steroid dienone is 2. The topological polar surface area (TPSA) is 113 Å². The number of anilines is 1. The van der Waals surface area contributed by atoms with Gasteiger partial charge in [0.25, 0.3) is 0 Å². The number of nitrogens with one attached hydrogen (secondary N) is 4. The highest BCUT2D eigenvalue weighted by Crippen LogP contribution is 2.54. The lowest BCUT2D eigenvalue weighted by atomic mass is 9.79. The molecule has 1 amide bonds. The first-order valence-corrected chi connectivity index (χ1v) is 16.4. The molecule has 0 bridgehead atoms. The lowest BCUT2D eigenvalue weighted by molar-refractivity contribution is -0.119. The first-order chi connectivity index (χ1) is 23.3. The molecular formula is C36H36Cl2FN7O2. The van der Waals surface area contributed by atoms with Crippen LogP contribution in [0, 0.1) is 5.82 Å². The number of pyridine rings is 3. The first kappa shape index (κ1) is 33.5. The number of rotatable bonds is 13. The summed E-state index contributed by atoms with van der Waals surface area (Å²) in [6, 6.07) is 18.7. The predicted octanol–water partition coefficient (Wildman–Crippen LogP) is 5.81. The molecule has 1 aliphatic carbocycles. The number of amides is 1. The third kappa shape index (κ3) is 7.07. The van der Waals surface area contributed by atoms with Crippen LogP contribution < -0.4 is 26.0 Å². The smallest absolute Gasteiger partial charge is 0.220 e. The molecule has 1 saturated heterocycles. The van der Waals surface area contributed by atoms with Crippen LogP contribution in [-0.2, 0) is 30.0 Å². The van der Waals surface area contributed by atoms with Gasteiger partial charge in [-0.25, -0.2) is 14.4 Å². The molecule has 2 atom stereocenters. The Labute approximate surface area is 289 Å². The summed E-state index contributed by atoms with van der Waals surface area (Å²) >= 11 is 14.8. The number of carbonyl (C=O) groups is 1. The average Bonchev–Trinajstić information content (AvgIpc) is 3.52. The van der Waals surface area contributed by atoms with E-state index in [-0.39, 0.29) is 24.3 Å². The molecule has 2 unspecified atom stereocenters. The maximum Gasteiger partial charge on any atom is 0.220 e. The number of methoxy groups -OCH3 is 1. The zero-order chi connectivity index (χ0) is 33.6. The van der Waals surface area contributed by atoms with Crippen molar-refractivity contribution in [2.75, 3.05) is 19.0 Å². The fourth-order valence-electron chi connectivity index (χ4n) is 5.99. The number of nitrogens with zero attached hydrogens (tertiary/aromatic N) is 3. The van der Waals surface area contributed by atoms with Gasteiger partial charge in [-0.1, -0.05) is 77.8 Å². The number of hydrogen-bond acceptors (Lipinski definition) is 8. The third-order valence-electron chi connectivity index (χ3n) is 8.51. The van der Waals surface area contributed by atoms with Crippen molar-refractivity contribution in [3.8, 4) is 5.88 Å². The standard InChI is InChI=1S/C36H36Cl2FN7O2/c1-48-34-27(22-42-23-28-12-14-31(47)44-28)11-13-30(45-34)35(16-5-10-29(36(35,37)38)25-8-3-2-4-9-25)46-33-32(39)26(15-18-43-33)21-41-20-24-7-6-17-40-19-24/h2-11,13,15-19,28,41-42H,12,14,20-23H2,1H3,(H,43,46)(H,44,47). The maximum atomic E-state index is 16.2. The second-order valence-electron chi connectivity index (χ2n) is 11.7. The minimum absolute atomic E-state index is 0.0366. The highest BCUT2D eigenvalue weighted by molar-refractivity contribution is 6.55. The molecule has 9 nitrogen and oxygen atoms in total. The van der Waals surface area contributed by atoms with Gasteiger partial charge >= 0.3 is 0 Å². The Morgan fingerprint density at radius 1 is 1.00 bits per heavy atom. The molecule has 4 heterocycles. The Morgan fingerprint density at radius 3 is 2.58 bits per heavy atom. The molecule has 4 N–H and O–H groups in total. The van der Waals surface area contributed by atoms with Crippen molar-refractivity contribution in [3.63, 3.8) is 0 Å². The summed E-state index contributed by atoms with van der Waals surface area (Å²) in [6.45, 7) is 1.83. The van der Waals surface area contributed by atoms with Gasteiger partial charge in [0.15, 0.2) is 16.0 Å². The normalized spacial score (nSPS) is 19.9. The van der Waals surface area contributed by atoms with Gasteiger partial charge in [-0.15, -0.1) is 0 Å².